The van der Waals surface area contributed by atoms with Gasteiger partial charge in [-0.2, -0.15) is 0 Å². The minimum Gasteiger partial charge on any atom is -0.504 e. The fourth-order valence-corrected chi connectivity index (χ4v) is 1.88. The quantitative estimate of drug-likeness (QED) is 0.773. The Hall–Kier alpha value is -1.51. The van der Waals surface area contributed by atoms with Crippen molar-refractivity contribution in [1.82, 2.24) is 0 Å². The summed E-state index contributed by atoms with van der Waals surface area (Å²) < 4.78 is 5.64. The third-order valence-electron chi connectivity index (χ3n) is 2.72. The van der Waals surface area contributed by atoms with Crippen LogP contribution in [-0.2, 0) is 0 Å². The standard InChI is InChI=1S/C12H14O3/c13-8-9-5-6-11(14)12(7-9)15-10-3-1-2-4-10/h5-8,10,14H,1-4H2. The molecule has 0 aliphatic heterocycles. The summed E-state index contributed by atoms with van der Waals surface area (Å²) in [6.45, 7) is 0. The second-order valence-corrected chi connectivity index (χ2v) is 3.87. The molecule has 80 valence electrons. The van der Waals surface area contributed by atoms with E-state index in [9.17, 15) is 9.90 Å². The van der Waals surface area contributed by atoms with E-state index in [4.69, 9.17) is 4.74 Å². The molecule has 1 saturated carbocycles. The second kappa shape index (κ2) is 4.34. The van der Waals surface area contributed by atoms with Gasteiger partial charge < -0.3 is 9.84 Å². The van der Waals surface area contributed by atoms with E-state index < -0.39 is 0 Å². The first-order valence-electron chi connectivity index (χ1n) is 5.24. The molecule has 3 nitrogen and oxygen atoms in total. The molecule has 0 aromatic heterocycles. The van der Waals surface area contributed by atoms with Crippen LogP contribution in [0.25, 0.3) is 0 Å². The monoisotopic (exact) mass is 206 g/mol. The molecule has 0 radical (unpaired) electrons. The molecule has 1 aromatic rings. The largest absolute Gasteiger partial charge is 0.504 e. The van der Waals surface area contributed by atoms with E-state index in [-0.39, 0.29) is 11.9 Å². The molecular formula is C12H14O3. The average molecular weight is 206 g/mol. The molecule has 15 heavy (non-hydrogen) atoms. The summed E-state index contributed by atoms with van der Waals surface area (Å²) in [5.41, 5.74) is 0.529. The fourth-order valence-electron chi connectivity index (χ4n) is 1.88. The fraction of sp³-hybridized carbons (Fsp3) is 0.417. The zero-order valence-electron chi connectivity index (χ0n) is 8.48. The summed E-state index contributed by atoms with van der Waals surface area (Å²) in [5.74, 6) is 0.527. The first-order chi connectivity index (χ1) is 7.29. The predicted molar refractivity (Wildman–Crippen MR) is 56.4 cm³/mol. The maximum absolute atomic E-state index is 10.6. The van der Waals surface area contributed by atoms with Crippen molar-refractivity contribution < 1.29 is 14.6 Å². The average Bonchev–Trinajstić information content (AvgIpc) is 2.74. The van der Waals surface area contributed by atoms with E-state index in [2.05, 4.69) is 0 Å². The van der Waals surface area contributed by atoms with Gasteiger partial charge in [0.2, 0.25) is 0 Å². The molecule has 0 saturated heterocycles. The lowest BCUT2D eigenvalue weighted by Crippen LogP contribution is -2.11. The molecule has 1 N–H and O–H groups in total. The topological polar surface area (TPSA) is 46.5 Å². The van der Waals surface area contributed by atoms with Crippen molar-refractivity contribution in [2.75, 3.05) is 0 Å². The van der Waals surface area contributed by atoms with Gasteiger partial charge >= 0.3 is 0 Å². The Balaban J connectivity index is 2.14. The smallest absolute Gasteiger partial charge is 0.162 e. The Labute approximate surface area is 88.7 Å². The Morgan fingerprint density at radius 1 is 1.33 bits per heavy atom. The number of phenolic OH excluding ortho intramolecular Hbond substituents is 1. The summed E-state index contributed by atoms with van der Waals surface area (Å²) >= 11 is 0. The van der Waals surface area contributed by atoms with Crippen molar-refractivity contribution in [1.29, 1.82) is 0 Å². The van der Waals surface area contributed by atoms with Crippen molar-refractivity contribution in [3.05, 3.63) is 23.8 Å². The first kappa shape index (κ1) is 10.0. The van der Waals surface area contributed by atoms with E-state index in [1.807, 2.05) is 0 Å². The number of carbonyl (C=O) groups excluding carboxylic acids is 1. The van der Waals surface area contributed by atoms with Crippen LogP contribution in [0.5, 0.6) is 11.5 Å². The van der Waals surface area contributed by atoms with Crippen LogP contribution >= 0.6 is 0 Å². The van der Waals surface area contributed by atoms with E-state index in [0.717, 1.165) is 19.1 Å². The van der Waals surface area contributed by atoms with Gasteiger partial charge in [-0.25, -0.2) is 0 Å². The highest BCUT2D eigenvalue weighted by Gasteiger charge is 2.17. The van der Waals surface area contributed by atoms with E-state index >= 15 is 0 Å². The molecule has 2 rings (SSSR count). The number of hydrogen-bond donors (Lipinski definition) is 1. The van der Waals surface area contributed by atoms with Crippen LogP contribution in [0, 0.1) is 0 Å². The molecule has 0 amide bonds. The van der Waals surface area contributed by atoms with Gasteiger partial charge in [0.15, 0.2) is 11.5 Å². The van der Waals surface area contributed by atoms with Crippen LogP contribution < -0.4 is 4.74 Å². The number of aldehydes is 1. The molecule has 1 fully saturated rings. The number of phenols is 1. The molecule has 0 atom stereocenters. The van der Waals surface area contributed by atoms with E-state index in [1.54, 1.807) is 12.1 Å². The SMILES string of the molecule is O=Cc1ccc(O)c(OC2CCCC2)c1. The summed E-state index contributed by atoms with van der Waals surface area (Å²) in [6, 6.07) is 4.65. The van der Waals surface area contributed by atoms with Gasteiger partial charge in [0, 0.05) is 5.56 Å². The summed E-state index contributed by atoms with van der Waals surface area (Å²) in [4.78, 5) is 10.6. The predicted octanol–water partition coefficient (Wildman–Crippen LogP) is 2.53. The molecular weight excluding hydrogens is 192 g/mol. The lowest BCUT2D eigenvalue weighted by molar-refractivity contribution is 0.112. The zero-order chi connectivity index (χ0) is 10.7. The summed E-state index contributed by atoms with van der Waals surface area (Å²) in [5, 5.41) is 9.55. The number of rotatable bonds is 3. The van der Waals surface area contributed by atoms with Gasteiger partial charge in [0.25, 0.3) is 0 Å². The van der Waals surface area contributed by atoms with Gasteiger partial charge in [-0.15, -0.1) is 0 Å². The summed E-state index contributed by atoms with van der Waals surface area (Å²) in [6.07, 6.45) is 5.37. The van der Waals surface area contributed by atoms with Gasteiger partial charge in [-0.1, -0.05) is 0 Å². The van der Waals surface area contributed by atoms with Crippen molar-refractivity contribution >= 4 is 6.29 Å². The van der Waals surface area contributed by atoms with Crippen LogP contribution in [-0.4, -0.2) is 17.5 Å². The van der Waals surface area contributed by atoms with Crippen LogP contribution in [0.1, 0.15) is 36.0 Å². The van der Waals surface area contributed by atoms with Crippen molar-refractivity contribution in [3.8, 4) is 11.5 Å². The maximum Gasteiger partial charge on any atom is 0.162 e. The van der Waals surface area contributed by atoms with Crippen LogP contribution in [0.2, 0.25) is 0 Å². The molecule has 0 bridgehead atoms. The highest BCUT2D eigenvalue weighted by atomic mass is 16.5. The molecule has 1 aromatic carbocycles. The third kappa shape index (κ3) is 2.29. The Morgan fingerprint density at radius 2 is 2.07 bits per heavy atom. The molecule has 0 unspecified atom stereocenters. The minimum absolute atomic E-state index is 0.104. The molecule has 1 aliphatic rings. The van der Waals surface area contributed by atoms with Crippen molar-refractivity contribution in [2.45, 2.75) is 31.8 Å². The Kier molecular flexibility index (Phi) is 2.90. The van der Waals surface area contributed by atoms with Gasteiger partial charge in [-0.05, 0) is 43.9 Å². The van der Waals surface area contributed by atoms with Crippen LogP contribution in [0.4, 0.5) is 0 Å². The van der Waals surface area contributed by atoms with E-state index in [1.165, 1.54) is 18.9 Å². The third-order valence-corrected chi connectivity index (χ3v) is 2.72. The first-order valence-corrected chi connectivity index (χ1v) is 5.24. The minimum atomic E-state index is 0.104. The van der Waals surface area contributed by atoms with Gasteiger partial charge in [-0.3, -0.25) is 4.79 Å². The van der Waals surface area contributed by atoms with Crippen LogP contribution in [0.3, 0.4) is 0 Å². The number of aromatic hydroxyl groups is 1. The van der Waals surface area contributed by atoms with Crippen molar-refractivity contribution in [3.63, 3.8) is 0 Å². The molecule has 1 aliphatic carbocycles. The van der Waals surface area contributed by atoms with E-state index in [0.29, 0.717) is 11.3 Å². The molecule has 3 heteroatoms. The highest BCUT2D eigenvalue weighted by Crippen LogP contribution is 2.31. The van der Waals surface area contributed by atoms with Crippen molar-refractivity contribution in [2.24, 2.45) is 0 Å². The number of carbonyl (C=O) groups is 1. The van der Waals surface area contributed by atoms with Crippen LogP contribution in [0.15, 0.2) is 18.2 Å². The Bertz CT molecular complexity index is 354. The Morgan fingerprint density at radius 3 is 2.73 bits per heavy atom. The number of hydrogen-bond acceptors (Lipinski definition) is 3. The lowest BCUT2D eigenvalue weighted by atomic mass is 10.2. The highest BCUT2D eigenvalue weighted by molar-refractivity contribution is 5.76. The molecule has 0 heterocycles. The second-order valence-electron chi connectivity index (χ2n) is 3.87. The normalized spacial score (nSPS) is 16.5. The van der Waals surface area contributed by atoms with Gasteiger partial charge in [0.1, 0.15) is 6.29 Å². The summed E-state index contributed by atoms with van der Waals surface area (Å²) in [7, 11) is 0. The van der Waals surface area contributed by atoms with Gasteiger partial charge in [0.05, 0.1) is 6.10 Å². The lowest BCUT2D eigenvalue weighted by Gasteiger charge is -2.14. The number of ether oxygens (including phenoxy) is 1. The maximum atomic E-state index is 10.6. The number of benzene rings is 1. The molecule has 0 spiro atoms. The zero-order valence-corrected chi connectivity index (χ0v) is 8.48.